The number of ether oxygens (including phenoxy) is 1. The van der Waals surface area contributed by atoms with Gasteiger partial charge in [-0.25, -0.2) is 9.78 Å². The molecule has 0 fully saturated rings. The average Bonchev–Trinajstić information content (AvgIpc) is 2.72. The van der Waals surface area contributed by atoms with Crippen LogP contribution in [-0.4, -0.2) is 17.6 Å². The molecule has 4 aromatic rings. The summed E-state index contributed by atoms with van der Waals surface area (Å²) in [6, 6.07) is 22.8. The second-order valence-electron chi connectivity index (χ2n) is 8.28. The Kier molecular flexibility index (Phi) is 4.83. The summed E-state index contributed by atoms with van der Waals surface area (Å²) >= 11 is 0. The Morgan fingerprint density at radius 3 is 2.38 bits per heavy atom. The molecule has 0 saturated carbocycles. The molecular formula is C26H25NO2. The Morgan fingerprint density at radius 1 is 0.966 bits per heavy atom. The van der Waals surface area contributed by atoms with Crippen molar-refractivity contribution in [3.63, 3.8) is 0 Å². The molecule has 0 aliphatic rings. The Labute approximate surface area is 171 Å². The van der Waals surface area contributed by atoms with Crippen molar-refractivity contribution >= 4 is 27.6 Å². The van der Waals surface area contributed by atoms with Gasteiger partial charge in [-0.15, -0.1) is 0 Å². The van der Waals surface area contributed by atoms with Gasteiger partial charge in [0.15, 0.2) is 0 Å². The Bertz CT molecular complexity index is 1200. The van der Waals surface area contributed by atoms with Gasteiger partial charge in [-0.2, -0.15) is 0 Å². The number of pyridine rings is 1. The van der Waals surface area contributed by atoms with Crippen LogP contribution in [0.5, 0.6) is 0 Å². The summed E-state index contributed by atoms with van der Waals surface area (Å²) in [5.74, 6) is -0.393. The maximum absolute atomic E-state index is 12.4. The van der Waals surface area contributed by atoms with E-state index in [1.165, 1.54) is 5.56 Å². The van der Waals surface area contributed by atoms with E-state index < -0.39 is 5.97 Å². The predicted octanol–water partition coefficient (Wildman–Crippen LogP) is 6.53. The monoisotopic (exact) mass is 383 g/mol. The van der Waals surface area contributed by atoms with Crippen molar-refractivity contribution in [2.75, 3.05) is 6.61 Å². The van der Waals surface area contributed by atoms with Gasteiger partial charge in [-0.05, 0) is 51.9 Å². The molecule has 1 aromatic heterocycles. The highest BCUT2D eigenvalue weighted by Crippen LogP contribution is 2.35. The first-order valence-electron chi connectivity index (χ1n) is 9.99. The van der Waals surface area contributed by atoms with Crippen LogP contribution < -0.4 is 0 Å². The second-order valence-corrected chi connectivity index (χ2v) is 8.28. The van der Waals surface area contributed by atoms with Crippen molar-refractivity contribution in [2.24, 2.45) is 0 Å². The molecule has 0 bridgehead atoms. The number of aromatic nitrogens is 1. The Hall–Kier alpha value is -3.20. The standard InChI is InChI=1S/C26H25NO2/c1-5-29-25(28)23-16-21(18-10-13-19(14-11-18)26(2,3)4)24-20-9-7-6-8-17(20)12-15-22(24)27-23/h6-16H,5H2,1-4H3. The lowest BCUT2D eigenvalue weighted by Gasteiger charge is -2.19. The van der Waals surface area contributed by atoms with E-state index in [0.29, 0.717) is 12.3 Å². The quantitative estimate of drug-likeness (QED) is 0.298. The number of hydrogen-bond acceptors (Lipinski definition) is 3. The normalized spacial score (nSPS) is 11.7. The lowest BCUT2D eigenvalue weighted by atomic mass is 9.86. The van der Waals surface area contributed by atoms with Crippen LogP contribution in [0, 0.1) is 0 Å². The number of hydrogen-bond donors (Lipinski definition) is 0. The van der Waals surface area contributed by atoms with Gasteiger partial charge < -0.3 is 4.74 Å². The van der Waals surface area contributed by atoms with Crippen molar-refractivity contribution in [1.82, 2.24) is 4.98 Å². The average molecular weight is 383 g/mol. The summed E-state index contributed by atoms with van der Waals surface area (Å²) in [6.07, 6.45) is 0. The Morgan fingerprint density at radius 2 is 1.69 bits per heavy atom. The van der Waals surface area contributed by atoms with E-state index in [2.05, 4.69) is 62.2 Å². The van der Waals surface area contributed by atoms with Gasteiger partial charge in [0.05, 0.1) is 12.1 Å². The summed E-state index contributed by atoms with van der Waals surface area (Å²) in [4.78, 5) is 17.0. The van der Waals surface area contributed by atoms with Crippen molar-refractivity contribution in [3.05, 3.63) is 78.0 Å². The lowest BCUT2D eigenvalue weighted by Crippen LogP contribution is -2.10. The van der Waals surface area contributed by atoms with Gasteiger partial charge in [0.2, 0.25) is 0 Å². The van der Waals surface area contributed by atoms with E-state index in [9.17, 15) is 4.79 Å². The highest BCUT2D eigenvalue weighted by Gasteiger charge is 2.17. The lowest BCUT2D eigenvalue weighted by molar-refractivity contribution is 0.0520. The summed E-state index contributed by atoms with van der Waals surface area (Å²) in [7, 11) is 0. The van der Waals surface area contributed by atoms with E-state index in [-0.39, 0.29) is 5.41 Å². The predicted molar refractivity (Wildman–Crippen MR) is 119 cm³/mol. The molecule has 0 radical (unpaired) electrons. The molecule has 4 rings (SSSR count). The van der Waals surface area contributed by atoms with Crippen LogP contribution in [0.25, 0.3) is 32.8 Å². The van der Waals surface area contributed by atoms with Gasteiger partial charge in [-0.1, -0.05) is 75.4 Å². The molecule has 0 spiro atoms. The van der Waals surface area contributed by atoms with Crippen LogP contribution in [0.3, 0.4) is 0 Å². The van der Waals surface area contributed by atoms with Crippen molar-refractivity contribution in [2.45, 2.75) is 33.1 Å². The van der Waals surface area contributed by atoms with Crippen LogP contribution in [0.4, 0.5) is 0 Å². The van der Waals surface area contributed by atoms with Gasteiger partial charge in [0.25, 0.3) is 0 Å². The van der Waals surface area contributed by atoms with Gasteiger partial charge >= 0.3 is 5.97 Å². The molecule has 0 saturated heterocycles. The molecule has 3 aromatic carbocycles. The largest absolute Gasteiger partial charge is 0.461 e. The zero-order chi connectivity index (χ0) is 20.6. The molecule has 0 unspecified atom stereocenters. The first-order chi connectivity index (χ1) is 13.9. The van der Waals surface area contributed by atoms with Crippen LogP contribution in [0.15, 0.2) is 66.7 Å². The maximum atomic E-state index is 12.4. The van der Waals surface area contributed by atoms with Gasteiger partial charge in [0, 0.05) is 5.39 Å². The first kappa shape index (κ1) is 19.1. The number of nitrogens with zero attached hydrogens (tertiary/aromatic N) is 1. The molecule has 0 amide bonds. The zero-order valence-electron chi connectivity index (χ0n) is 17.3. The SMILES string of the molecule is CCOC(=O)c1cc(-c2ccc(C(C)(C)C)cc2)c2c(ccc3ccccc32)n1. The van der Waals surface area contributed by atoms with Crippen LogP contribution in [0.2, 0.25) is 0 Å². The number of carbonyl (C=O) groups is 1. The fourth-order valence-corrected chi connectivity index (χ4v) is 3.69. The minimum absolute atomic E-state index is 0.0850. The van der Waals surface area contributed by atoms with E-state index >= 15 is 0 Å². The third kappa shape index (κ3) is 3.61. The molecule has 0 atom stereocenters. The molecule has 0 aliphatic carbocycles. The van der Waals surface area contributed by atoms with Crippen molar-refractivity contribution in [3.8, 4) is 11.1 Å². The molecule has 29 heavy (non-hydrogen) atoms. The number of rotatable bonds is 3. The Balaban J connectivity index is 2.01. The minimum atomic E-state index is -0.393. The maximum Gasteiger partial charge on any atom is 0.356 e. The van der Waals surface area contributed by atoms with Crippen LogP contribution in [0.1, 0.15) is 43.7 Å². The van der Waals surface area contributed by atoms with E-state index in [0.717, 1.165) is 32.8 Å². The molecule has 3 heteroatoms. The number of carbonyl (C=O) groups excluding carboxylic acids is 1. The topological polar surface area (TPSA) is 39.2 Å². The number of benzene rings is 3. The van der Waals surface area contributed by atoms with Crippen molar-refractivity contribution in [1.29, 1.82) is 0 Å². The summed E-state index contributed by atoms with van der Waals surface area (Å²) in [5, 5.41) is 3.33. The molecule has 1 heterocycles. The highest BCUT2D eigenvalue weighted by molar-refractivity contribution is 6.14. The third-order valence-corrected chi connectivity index (χ3v) is 5.24. The summed E-state index contributed by atoms with van der Waals surface area (Å²) in [5.41, 5.74) is 4.55. The third-order valence-electron chi connectivity index (χ3n) is 5.24. The van der Waals surface area contributed by atoms with Crippen molar-refractivity contribution < 1.29 is 9.53 Å². The van der Waals surface area contributed by atoms with Crippen LogP contribution >= 0.6 is 0 Å². The molecular weight excluding hydrogens is 358 g/mol. The van der Waals surface area contributed by atoms with E-state index in [1.807, 2.05) is 30.3 Å². The molecule has 3 nitrogen and oxygen atoms in total. The number of esters is 1. The molecule has 0 N–H and O–H groups in total. The van der Waals surface area contributed by atoms with Gasteiger partial charge in [0.1, 0.15) is 5.69 Å². The molecule has 146 valence electrons. The fraction of sp³-hybridized carbons (Fsp3) is 0.231. The number of fused-ring (bicyclic) bond motifs is 3. The van der Waals surface area contributed by atoms with E-state index in [1.54, 1.807) is 6.92 Å². The van der Waals surface area contributed by atoms with Gasteiger partial charge in [-0.3, -0.25) is 0 Å². The highest BCUT2D eigenvalue weighted by atomic mass is 16.5. The smallest absolute Gasteiger partial charge is 0.356 e. The summed E-state index contributed by atoms with van der Waals surface area (Å²) < 4.78 is 5.22. The molecule has 0 aliphatic heterocycles. The fourth-order valence-electron chi connectivity index (χ4n) is 3.69. The minimum Gasteiger partial charge on any atom is -0.461 e. The van der Waals surface area contributed by atoms with Crippen LogP contribution in [-0.2, 0) is 10.2 Å². The van der Waals surface area contributed by atoms with E-state index in [4.69, 9.17) is 4.74 Å². The summed E-state index contributed by atoms with van der Waals surface area (Å²) in [6.45, 7) is 8.74. The zero-order valence-corrected chi connectivity index (χ0v) is 17.3. The first-order valence-corrected chi connectivity index (χ1v) is 9.99. The second kappa shape index (κ2) is 7.32.